The Kier molecular flexibility index (Phi) is 5.54. The molecule has 0 amide bonds. The van der Waals surface area contributed by atoms with Crippen molar-refractivity contribution in [2.75, 3.05) is 10.6 Å². The SMILES string of the molecule is Clc1cccc(CN=C2Nc3cc(Cl)c(Cl)cc3NC23CCCCCC3)c1. The lowest BCUT2D eigenvalue weighted by Gasteiger charge is -2.41. The Morgan fingerprint density at radius 2 is 1.59 bits per heavy atom. The molecule has 2 aliphatic rings. The van der Waals surface area contributed by atoms with E-state index in [1.165, 1.54) is 25.7 Å². The molecule has 2 N–H and O–H groups in total. The van der Waals surface area contributed by atoms with Crippen molar-refractivity contribution in [1.29, 1.82) is 0 Å². The molecule has 0 aromatic heterocycles. The molecule has 4 rings (SSSR count). The quantitative estimate of drug-likeness (QED) is 0.538. The zero-order valence-electron chi connectivity index (χ0n) is 15.0. The van der Waals surface area contributed by atoms with E-state index in [2.05, 4.69) is 16.7 Å². The molecule has 1 aliphatic heterocycles. The third-order valence-corrected chi connectivity index (χ3v) is 6.36. The first kappa shape index (κ1) is 18.9. The largest absolute Gasteiger partial charge is 0.371 e. The van der Waals surface area contributed by atoms with Crippen LogP contribution in [0, 0.1) is 0 Å². The van der Waals surface area contributed by atoms with Gasteiger partial charge in [-0.05, 0) is 42.7 Å². The van der Waals surface area contributed by atoms with E-state index in [0.29, 0.717) is 16.6 Å². The first-order chi connectivity index (χ1) is 13.1. The lowest BCUT2D eigenvalue weighted by molar-refractivity contribution is 0.524. The van der Waals surface area contributed by atoms with Gasteiger partial charge in [-0.3, -0.25) is 4.99 Å². The van der Waals surface area contributed by atoms with Gasteiger partial charge in [0.25, 0.3) is 0 Å². The van der Waals surface area contributed by atoms with Gasteiger partial charge in [-0.2, -0.15) is 0 Å². The van der Waals surface area contributed by atoms with Crippen LogP contribution in [0.3, 0.4) is 0 Å². The molecule has 1 aliphatic carbocycles. The van der Waals surface area contributed by atoms with Crippen LogP contribution in [0.5, 0.6) is 0 Å². The molecular formula is C21H22Cl3N3. The van der Waals surface area contributed by atoms with Crippen LogP contribution < -0.4 is 10.6 Å². The first-order valence-corrected chi connectivity index (χ1v) is 10.5. The zero-order chi connectivity index (χ0) is 18.9. The Labute approximate surface area is 175 Å². The normalized spacial score (nSPS) is 19.9. The van der Waals surface area contributed by atoms with Gasteiger partial charge in [-0.1, -0.05) is 72.6 Å². The van der Waals surface area contributed by atoms with Crippen LogP contribution in [0.15, 0.2) is 41.4 Å². The van der Waals surface area contributed by atoms with Crippen molar-refractivity contribution >= 4 is 52.0 Å². The summed E-state index contributed by atoms with van der Waals surface area (Å²) in [6.45, 7) is 0.586. The molecule has 1 spiro atoms. The van der Waals surface area contributed by atoms with Crippen molar-refractivity contribution in [1.82, 2.24) is 0 Å². The van der Waals surface area contributed by atoms with Crippen molar-refractivity contribution in [3.63, 3.8) is 0 Å². The number of amidine groups is 1. The van der Waals surface area contributed by atoms with Gasteiger partial charge < -0.3 is 10.6 Å². The molecule has 6 heteroatoms. The average Bonchev–Trinajstić information content (AvgIpc) is 2.88. The minimum absolute atomic E-state index is 0.181. The fraction of sp³-hybridized carbons (Fsp3) is 0.381. The Morgan fingerprint density at radius 1 is 0.889 bits per heavy atom. The van der Waals surface area contributed by atoms with Gasteiger partial charge in [-0.15, -0.1) is 0 Å². The zero-order valence-corrected chi connectivity index (χ0v) is 17.3. The molecular weight excluding hydrogens is 401 g/mol. The predicted octanol–water partition coefficient (Wildman–Crippen LogP) is 7.18. The molecule has 0 saturated heterocycles. The molecule has 0 atom stereocenters. The molecule has 0 unspecified atom stereocenters. The number of hydrogen-bond donors (Lipinski definition) is 2. The van der Waals surface area contributed by atoms with Crippen LogP contribution in [0.4, 0.5) is 11.4 Å². The number of nitrogens with zero attached hydrogens (tertiary/aromatic N) is 1. The first-order valence-electron chi connectivity index (χ1n) is 9.39. The molecule has 1 heterocycles. The van der Waals surface area contributed by atoms with E-state index in [1.54, 1.807) is 0 Å². The van der Waals surface area contributed by atoms with Gasteiger partial charge >= 0.3 is 0 Å². The monoisotopic (exact) mass is 421 g/mol. The highest BCUT2D eigenvalue weighted by Gasteiger charge is 2.40. The van der Waals surface area contributed by atoms with Gasteiger partial charge in [0.05, 0.1) is 33.5 Å². The van der Waals surface area contributed by atoms with E-state index >= 15 is 0 Å². The van der Waals surface area contributed by atoms with Crippen molar-refractivity contribution in [2.45, 2.75) is 50.6 Å². The molecule has 1 fully saturated rings. The summed E-state index contributed by atoms with van der Waals surface area (Å²) in [7, 11) is 0. The standard InChI is InChI=1S/C21H22Cl3N3/c22-15-7-5-6-14(10-15)13-25-20-21(8-3-1-2-4-9-21)27-19-12-17(24)16(23)11-18(19)26-20/h5-7,10-12,27H,1-4,8-9,13H2,(H,25,26). The number of aliphatic imine (C=N–C) groups is 1. The molecule has 2 aromatic carbocycles. The average molecular weight is 423 g/mol. The highest BCUT2D eigenvalue weighted by molar-refractivity contribution is 6.42. The summed E-state index contributed by atoms with van der Waals surface area (Å²) in [5.74, 6) is 0.982. The Morgan fingerprint density at radius 3 is 2.30 bits per heavy atom. The van der Waals surface area contributed by atoms with E-state index < -0.39 is 0 Å². The van der Waals surface area contributed by atoms with E-state index in [4.69, 9.17) is 39.8 Å². The number of fused-ring (bicyclic) bond motifs is 1. The van der Waals surface area contributed by atoms with Crippen LogP contribution in [-0.2, 0) is 6.54 Å². The van der Waals surface area contributed by atoms with Crippen molar-refractivity contribution in [3.05, 3.63) is 57.0 Å². The Balaban J connectivity index is 1.71. The number of halogens is 3. The fourth-order valence-corrected chi connectivity index (χ4v) is 4.55. The fourth-order valence-electron chi connectivity index (χ4n) is 4.01. The molecule has 0 bridgehead atoms. The Hall–Kier alpha value is -1.42. The third-order valence-electron chi connectivity index (χ3n) is 5.41. The second-order valence-corrected chi connectivity index (χ2v) is 8.60. The molecule has 2 aromatic rings. The maximum absolute atomic E-state index is 6.26. The molecule has 142 valence electrons. The summed E-state index contributed by atoms with van der Waals surface area (Å²) in [4.78, 5) is 4.97. The molecule has 1 saturated carbocycles. The number of anilines is 2. The maximum atomic E-state index is 6.26. The predicted molar refractivity (Wildman–Crippen MR) is 117 cm³/mol. The van der Waals surface area contributed by atoms with E-state index in [-0.39, 0.29) is 5.54 Å². The van der Waals surface area contributed by atoms with Gasteiger partial charge in [0.2, 0.25) is 0 Å². The summed E-state index contributed by atoms with van der Waals surface area (Å²) in [6, 6.07) is 11.6. The van der Waals surface area contributed by atoms with E-state index in [1.807, 2.05) is 30.3 Å². The van der Waals surface area contributed by atoms with Crippen LogP contribution in [0.2, 0.25) is 15.1 Å². The smallest absolute Gasteiger partial charge is 0.127 e. The maximum Gasteiger partial charge on any atom is 0.127 e. The second-order valence-electron chi connectivity index (χ2n) is 7.35. The summed E-state index contributed by atoms with van der Waals surface area (Å²) in [6.07, 6.45) is 6.99. The van der Waals surface area contributed by atoms with Crippen LogP contribution in [0.25, 0.3) is 0 Å². The topological polar surface area (TPSA) is 36.4 Å². The number of benzene rings is 2. The lowest BCUT2D eigenvalue weighted by atomic mass is 9.86. The van der Waals surface area contributed by atoms with Crippen molar-refractivity contribution in [3.8, 4) is 0 Å². The van der Waals surface area contributed by atoms with E-state index in [0.717, 1.165) is 40.6 Å². The van der Waals surface area contributed by atoms with Crippen molar-refractivity contribution < 1.29 is 0 Å². The summed E-state index contributed by atoms with van der Waals surface area (Å²) < 4.78 is 0. The third kappa shape index (κ3) is 4.06. The van der Waals surface area contributed by atoms with Gasteiger partial charge in [0.15, 0.2) is 0 Å². The molecule has 3 nitrogen and oxygen atoms in total. The van der Waals surface area contributed by atoms with Gasteiger partial charge in [-0.25, -0.2) is 0 Å². The van der Waals surface area contributed by atoms with Crippen LogP contribution in [0.1, 0.15) is 44.1 Å². The van der Waals surface area contributed by atoms with Crippen molar-refractivity contribution in [2.24, 2.45) is 4.99 Å². The summed E-state index contributed by atoms with van der Waals surface area (Å²) in [5, 5.41) is 9.14. The van der Waals surface area contributed by atoms with Crippen LogP contribution >= 0.6 is 34.8 Å². The summed E-state index contributed by atoms with van der Waals surface area (Å²) in [5.41, 5.74) is 2.83. The lowest BCUT2D eigenvalue weighted by Crippen LogP contribution is -2.52. The minimum Gasteiger partial charge on any atom is -0.371 e. The number of rotatable bonds is 2. The number of hydrogen-bond acceptors (Lipinski definition) is 2. The molecule has 0 radical (unpaired) electrons. The highest BCUT2D eigenvalue weighted by Crippen LogP contribution is 2.42. The second kappa shape index (κ2) is 7.90. The highest BCUT2D eigenvalue weighted by atomic mass is 35.5. The Bertz CT molecular complexity index is 871. The van der Waals surface area contributed by atoms with Gasteiger partial charge in [0.1, 0.15) is 5.84 Å². The minimum atomic E-state index is -0.181. The number of nitrogens with one attached hydrogen (secondary N) is 2. The van der Waals surface area contributed by atoms with Crippen LogP contribution in [-0.4, -0.2) is 11.4 Å². The summed E-state index contributed by atoms with van der Waals surface area (Å²) >= 11 is 18.6. The van der Waals surface area contributed by atoms with E-state index in [9.17, 15) is 0 Å². The molecule has 27 heavy (non-hydrogen) atoms. The van der Waals surface area contributed by atoms with Gasteiger partial charge in [0, 0.05) is 5.02 Å².